The number of carbonyl (C=O) groups excluding carboxylic acids is 3. The molecule has 2 aromatic rings. The Balaban J connectivity index is 1.76. The molecule has 2 aliphatic rings. The topological polar surface area (TPSA) is 108 Å². The molecule has 3 atom stereocenters. The van der Waals surface area contributed by atoms with E-state index < -0.39 is 47.3 Å². The Labute approximate surface area is 197 Å². The van der Waals surface area contributed by atoms with E-state index in [1.54, 1.807) is 0 Å². The Hall–Kier alpha value is -3.47. The average molecular weight is 494 g/mol. The molecule has 11 heteroatoms. The molecular formula is C24H22F4N2O5. The number of hydrogen-bond acceptors (Lipinski definition) is 5. The predicted octanol–water partition coefficient (Wildman–Crippen LogP) is 3.16. The summed E-state index contributed by atoms with van der Waals surface area (Å²) in [6.45, 7) is -0.158. The summed E-state index contributed by atoms with van der Waals surface area (Å²) in [7, 11) is 0. The van der Waals surface area contributed by atoms with Crippen LogP contribution in [0.15, 0.2) is 42.5 Å². The molecule has 7 nitrogen and oxygen atoms in total. The first-order valence-electron chi connectivity index (χ1n) is 10.9. The van der Waals surface area contributed by atoms with E-state index in [4.69, 9.17) is 10.5 Å². The van der Waals surface area contributed by atoms with Gasteiger partial charge >= 0.3 is 6.36 Å². The molecule has 35 heavy (non-hydrogen) atoms. The number of hydrogen-bond donors (Lipinski definition) is 2. The first-order valence-corrected chi connectivity index (χ1v) is 10.9. The smallest absolute Gasteiger partial charge is 0.406 e. The number of alkyl halides is 3. The number of nitrogens with two attached hydrogens (primary N) is 1. The number of carbonyl (C=O) groups is 3. The van der Waals surface area contributed by atoms with Gasteiger partial charge in [0.2, 0.25) is 11.8 Å². The van der Waals surface area contributed by atoms with E-state index in [0.717, 1.165) is 18.2 Å². The number of benzene rings is 2. The van der Waals surface area contributed by atoms with Gasteiger partial charge in [-0.05, 0) is 67.1 Å². The van der Waals surface area contributed by atoms with E-state index >= 15 is 0 Å². The van der Waals surface area contributed by atoms with Crippen LogP contribution in [0, 0.1) is 5.82 Å². The first kappa shape index (κ1) is 24.6. The maximum atomic E-state index is 13.6. The van der Waals surface area contributed by atoms with Crippen LogP contribution in [0.3, 0.4) is 0 Å². The fourth-order valence-electron chi connectivity index (χ4n) is 4.79. The lowest BCUT2D eigenvalue weighted by Crippen LogP contribution is -2.57. The number of rotatable bonds is 7. The van der Waals surface area contributed by atoms with Crippen LogP contribution < -0.4 is 15.8 Å². The van der Waals surface area contributed by atoms with Gasteiger partial charge in [0.1, 0.15) is 23.7 Å². The monoisotopic (exact) mass is 494 g/mol. The van der Waals surface area contributed by atoms with Gasteiger partial charge in [0, 0.05) is 5.56 Å². The van der Waals surface area contributed by atoms with Gasteiger partial charge in [-0.25, -0.2) is 4.39 Å². The van der Waals surface area contributed by atoms with Crippen LogP contribution in [0.25, 0.3) is 0 Å². The van der Waals surface area contributed by atoms with Crippen molar-refractivity contribution in [3.8, 4) is 5.75 Å². The van der Waals surface area contributed by atoms with Crippen LogP contribution in [0.1, 0.15) is 46.7 Å². The minimum Gasteiger partial charge on any atom is -0.406 e. The standard InChI is InChI=1S/C24H22F4N2O5/c25-14-5-3-13(4-6-14)10-18(22(33)30-23-9-1-2-20(23)34-12-19(23)31)17-11-15(35-24(26,27)28)7-8-16(17)21(29)32/h3-8,11,18,20H,1-2,9-10,12H2,(H2,29,32)(H,30,33). The molecule has 1 heterocycles. The molecule has 186 valence electrons. The van der Waals surface area contributed by atoms with E-state index in [2.05, 4.69) is 10.1 Å². The summed E-state index contributed by atoms with van der Waals surface area (Å²) in [6.07, 6.45) is -4.08. The highest BCUT2D eigenvalue weighted by Gasteiger charge is 2.55. The molecule has 0 spiro atoms. The van der Waals surface area contributed by atoms with Crippen molar-refractivity contribution in [2.24, 2.45) is 5.73 Å². The third kappa shape index (κ3) is 5.14. The molecule has 4 rings (SSSR count). The molecule has 1 aliphatic carbocycles. The van der Waals surface area contributed by atoms with Crippen molar-refractivity contribution < 1.29 is 41.4 Å². The predicted molar refractivity (Wildman–Crippen MR) is 114 cm³/mol. The van der Waals surface area contributed by atoms with Crippen LogP contribution in [0.5, 0.6) is 5.75 Å². The fourth-order valence-corrected chi connectivity index (χ4v) is 4.79. The van der Waals surface area contributed by atoms with Crippen molar-refractivity contribution in [1.29, 1.82) is 0 Å². The third-order valence-corrected chi connectivity index (χ3v) is 6.41. The van der Waals surface area contributed by atoms with Gasteiger partial charge in [-0.15, -0.1) is 13.2 Å². The van der Waals surface area contributed by atoms with Crippen molar-refractivity contribution in [2.75, 3.05) is 6.61 Å². The van der Waals surface area contributed by atoms with Crippen molar-refractivity contribution >= 4 is 17.6 Å². The first-order chi connectivity index (χ1) is 16.5. The number of Topliss-reactive ketones (excluding diaryl/α,β-unsaturated/α-hetero) is 1. The van der Waals surface area contributed by atoms with Crippen LogP contribution >= 0.6 is 0 Å². The minimum absolute atomic E-state index is 0.113. The second kappa shape index (κ2) is 9.29. The maximum Gasteiger partial charge on any atom is 0.573 e. The molecule has 0 bridgehead atoms. The lowest BCUT2D eigenvalue weighted by atomic mass is 9.85. The zero-order chi connectivity index (χ0) is 25.4. The maximum absolute atomic E-state index is 13.6. The zero-order valence-corrected chi connectivity index (χ0v) is 18.4. The van der Waals surface area contributed by atoms with Crippen LogP contribution in [0.4, 0.5) is 17.6 Å². The van der Waals surface area contributed by atoms with Gasteiger partial charge in [-0.3, -0.25) is 14.4 Å². The summed E-state index contributed by atoms with van der Waals surface area (Å²) in [5, 5.41) is 2.77. The molecule has 0 aromatic heterocycles. The Morgan fingerprint density at radius 1 is 1.20 bits per heavy atom. The summed E-state index contributed by atoms with van der Waals surface area (Å²) < 4.78 is 61.5. The summed E-state index contributed by atoms with van der Waals surface area (Å²) in [6, 6.07) is 8.06. The van der Waals surface area contributed by atoms with Gasteiger partial charge in [0.05, 0.1) is 12.0 Å². The molecule has 0 radical (unpaired) electrons. The van der Waals surface area contributed by atoms with Crippen molar-refractivity contribution in [3.63, 3.8) is 0 Å². The summed E-state index contributed by atoms with van der Waals surface area (Å²) in [5.41, 5.74) is 4.38. The lowest BCUT2D eigenvalue weighted by molar-refractivity contribution is -0.274. The number of amides is 2. The van der Waals surface area contributed by atoms with E-state index in [-0.39, 0.29) is 29.9 Å². The van der Waals surface area contributed by atoms with E-state index in [1.165, 1.54) is 24.3 Å². The second-order valence-corrected chi connectivity index (χ2v) is 8.62. The van der Waals surface area contributed by atoms with E-state index in [9.17, 15) is 31.9 Å². The highest BCUT2D eigenvalue weighted by Crippen LogP contribution is 2.39. The zero-order valence-electron chi connectivity index (χ0n) is 18.4. The molecule has 3 unspecified atom stereocenters. The Kier molecular flexibility index (Phi) is 6.54. The number of nitrogens with one attached hydrogen (secondary N) is 1. The molecule has 2 fully saturated rings. The number of halogens is 4. The van der Waals surface area contributed by atoms with Crippen LogP contribution in [-0.2, 0) is 20.7 Å². The van der Waals surface area contributed by atoms with Crippen LogP contribution in [0.2, 0.25) is 0 Å². The Bertz CT molecular complexity index is 1150. The van der Waals surface area contributed by atoms with E-state index in [0.29, 0.717) is 24.8 Å². The van der Waals surface area contributed by atoms with Gasteiger partial charge < -0.3 is 20.5 Å². The number of fused-ring (bicyclic) bond motifs is 1. The third-order valence-electron chi connectivity index (χ3n) is 6.41. The molecule has 3 N–H and O–H groups in total. The van der Waals surface area contributed by atoms with Crippen LogP contribution in [-0.4, -0.2) is 42.2 Å². The molecular weight excluding hydrogens is 472 g/mol. The second-order valence-electron chi connectivity index (χ2n) is 8.62. The van der Waals surface area contributed by atoms with Crippen molar-refractivity contribution in [3.05, 3.63) is 65.0 Å². The summed E-state index contributed by atoms with van der Waals surface area (Å²) in [4.78, 5) is 38.4. The van der Waals surface area contributed by atoms with E-state index in [1.807, 2.05) is 0 Å². The van der Waals surface area contributed by atoms with Gasteiger partial charge in [0.15, 0.2) is 5.78 Å². The molecule has 2 aromatic carbocycles. The number of ketones is 1. The van der Waals surface area contributed by atoms with Crippen molar-refractivity contribution in [2.45, 2.75) is 49.6 Å². The number of ether oxygens (including phenoxy) is 2. The lowest BCUT2D eigenvalue weighted by Gasteiger charge is -2.30. The normalized spacial score (nSPS) is 22.5. The minimum atomic E-state index is -5.01. The average Bonchev–Trinajstić information content (AvgIpc) is 3.31. The molecule has 1 saturated heterocycles. The highest BCUT2D eigenvalue weighted by molar-refractivity contribution is 6.00. The molecule has 1 aliphatic heterocycles. The molecule has 1 saturated carbocycles. The molecule has 2 amide bonds. The van der Waals surface area contributed by atoms with Gasteiger partial charge in [0.25, 0.3) is 0 Å². The SMILES string of the molecule is NC(=O)c1ccc(OC(F)(F)F)cc1C(Cc1ccc(F)cc1)C(=O)NC12CCCC1OCC2=O. The number of primary amides is 1. The van der Waals surface area contributed by atoms with Gasteiger partial charge in [-0.2, -0.15) is 0 Å². The fraction of sp³-hybridized carbons (Fsp3) is 0.375. The largest absolute Gasteiger partial charge is 0.573 e. The highest BCUT2D eigenvalue weighted by atomic mass is 19.4. The Morgan fingerprint density at radius 3 is 2.57 bits per heavy atom. The Morgan fingerprint density at radius 2 is 1.91 bits per heavy atom. The van der Waals surface area contributed by atoms with Crippen molar-refractivity contribution in [1.82, 2.24) is 5.32 Å². The van der Waals surface area contributed by atoms with Gasteiger partial charge in [-0.1, -0.05) is 12.1 Å². The summed E-state index contributed by atoms with van der Waals surface area (Å²) >= 11 is 0. The summed E-state index contributed by atoms with van der Waals surface area (Å²) in [5.74, 6) is -4.37. The quantitative estimate of drug-likeness (QED) is 0.575.